The minimum absolute atomic E-state index is 0.163. The van der Waals surface area contributed by atoms with Gasteiger partial charge in [0.15, 0.2) is 0 Å². The van der Waals surface area contributed by atoms with Crippen molar-refractivity contribution >= 4 is 35.0 Å². The van der Waals surface area contributed by atoms with E-state index in [0.717, 1.165) is 5.56 Å². The maximum absolute atomic E-state index is 12.5. The summed E-state index contributed by atoms with van der Waals surface area (Å²) in [7, 11) is 1.54. The standard InChI is InChI=1S/C16H22ClN5O2S/c1-9(2)8-22-16(19-20-21-22)25-11(4)15(23)18-13-6-10(3)12(17)7-14(13)24-5/h6-7,9,11H,8H2,1-5H3,(H,18,23). The maximum Gasteiger partial charge on any atom is 0.237 e. The zero-order valence-electron chi connectivity index (χ0n) is 14.9. The Balaban J connectivity index is 2.09. The largest absolute Gasteiger partial charge is 0.495 e. The third kappa shape index (κ3) is 5.09. The topological polar surface area (TPSA) is 81.9 Å². The first kappa shape index (κ1) is 19.5. The molecule has 2 rings (SSSR count). The lowest BCUT2D eigenvalue weighted by atomic mass is 10.2. The highest BCUT2D eigenvalue weighted by Gasteiger charge is 2.20. The number of hydrogen-bond donors (Lipinski definition) is 1. The van der Waals surface area contributed by atoms with Gasteiger partial charge in [-0.05, 0) is 41.8 Å². The van der Waals surface area contributed by atoms with Crippen LogP contribution in [0.15, 0.2) is 17.3 Å². The number of methoxy groups -OCH3 is 1. The van der Waals surface area contributed by atoms with Crippen LogP contribution in [0.3, 0.4) is 0 Å². The highest BCUT2D eigenvalue weighted by atomic mass is 35.5. The van der Waals surface area contributed by atoms with E-state index >= 15 is 0 Å². The van der Waals surface area contributed by atoms with Crippen molar-refractivity contribution in [2.24, 2.45) is 5.92 Å². The number of rotatable bonds is 7. The van der Waals surface area contributed by atoms with E-state index in [2.05, 4.69) is 34.7 Å². The number of nitrogens with one attached hydrogen (secondary N) is 1. The number of tetrazole rings is 1. The zero-order valence-corrected chi connectivity index (χ0v) is 16.5. The molecule has 2 aromatic rings. The van der Waals surface area contributed by atoms with E-state index in [0.29, 0.717) is 34.1 Å². The summed E-state index contributed by atoms with van der Waals surface area (Å²) in [6.07, 6.45) is 0. The highest BCUT2D eigenvalue weighted by molar-refractivity contribution is 8.00. The molecule has 0 spiro atoms. The molecule has 0 saturated heterocycles. The van der Waals surface area contributed by atoms with Crippen molar-refractivity contribution in [1.82, 2.24) is 20.2 Å². The molecule has 1 unspecified atom stereocenters. The van der Waals surface area contributed by atoms with Crippen molar-refractivity contribution in [2.75, 3.05) is 12.4 Å². The predicted molar refractivity (Wildman–Crippen MR) is 99.3 cm³/mol. The Labute approximate surface area is 156 Å². The fourth-order valence-electron chi connectivity index (χ4n) is 2.12. The molecule has 0 saturated carbocycles. The third-order valence-electron chi connectivity index (χ3n) is 3.43. The van der Waals surface area contributed by atoms with Gasteiger partial charge in [0.2, 0.25) is 11.1 Å². The number of carbonyl (C=O) groups excluding carboxylic acids is 1. The van der Waals surface area contributed by atoms with E-state index < -0.39 is 0 Å². The lowest BCUT2D eigenvalue weighted by Crippen LogP contribution is -2.23. The molecule has 1 atom stereocenters. The van der Waals surface area contributed by atoms with Crippen molar-refractivity contribution in [3.8, 4) is 5.75 Å². The summed E-state index contributed by atoms with van der Waals surface area (Å²) in [5, 5.41) is 15.4. The number of halogens is 1. The number of aromatic nitrogens is 4. The first-order valence-electron chi connectivity index (χ1n) is 7.89. The monoisotopic (exact) mass is 383 g/mol. The van der Waals surface area contributed by atoms with Gasteiger partial charge in [-0.25, -0.2) is 4.68 Å². The van der Waals surface area contributed by atoms with E-state index in [4.69, 9.17) is 16.3 Å². The molecule has 136 valence electrons. The SMILES string of the molecule is COc1cc(Cl)c(C)cc1NC(=O)C(C)Sc1nnnn1CC(C)C. The first-order chi connectivity index (χ1) is 11.8. The average molecular weight is 384 g/mol. The Morgan fingerprint density at radius 2 is 2.12 bits per heavy atom. The summed E-state index contributed by atoms with van der Waals surface area (Å²) in [4.78, 5) is 12.5. The summed E-state index contributed by atoms with van der Waals surface area (Å²) < 4.78 is 7.00. The minimum Gasteiger partial charge on any atom is -0.495 e. The molecule has 1 N–H and O–H groups in total. The summed E-state index contributed by atoms with van der Waals surface area (Å²) in [6.45, 7) is 8.55. The van der Waals surface area contributed by atoms with E-state index in [9.17, 15) is 4.79 Å². The van der Waals surface area contributed by atoms with Crippen LogP contribution in [0.4, 0.5) is 5.69 Å². The van der Waals surface area contributed by atoms with Crippen LogP contribution in [0.25, 0.3) is 0 Å². The van der Waals surface area contributed by atoms with Crippen LogP contribution in [-0.4, -0.2) is 38.5 Å². The van der Waals surface area contributed by atoms with Gasteiger partial charge < -0.3 is 10.1 Å². The van der Waals surface area contributed by atoms with Crippen LogP contribution >= 0.6 is 23.4 Å². The number of thioether (sulfide) groups is 1. The molecule has 25 heavy (non-hydrogen) atoms. The fraction of sp³-hybridized carbons (Fsp3) is 0.500. The van der Waals surface area contributed by atoms with E-state index in [1.807, 2.05) is 13.8 Å². The number of carbonyl (C=O) groups is 1. The molecule has 0 aliphatic rings. The van der Waals surface area contributed by atoms with Crippen molar-refractivity contribution in [1.29, 1.82) is 0 Å². The van der Waals surface area contributed by atoms with Crippen LogP contribution in [0.1, 0.15) is 26.3 Å². The highest BCUT2D eigenvalue weighted by Crippen LogP contribution is 2.32. The molecular weight excluding hydrogens is 362 g/mol. The molecule has 0 radical (unpaired) electrons. The van der Waals surface area contributed by atoms with Gasteiger partial charge in [0, 0.05) is 17.6 Å². The van der Waals surface area contributed by atoms with E-state index in [1.54, 1.807) is 16.8 Å². The lowest BCUT2D eigenvalue weighted by Gasteiger charge is -2.15. The third-order valence-corrected chi connectivity index (χ3v) is 4.91. The molecule has 0 aliphatic carbocycles. The average Bonchev–Trinajstić information content (AvgIpc) is 2.96. The van der Waals surface area contributed by atoms with E-state index in [-0.39, 0.29) is 11.2 Å². The van der Waals surface area contributed by atoms with Crippen LogP contribution in [0, 0.1) is 12.8 Å². The van der Waals surface area contributed by atoms with Crippen LogP contribution in [0.5, 0.6) is 5.75 Å². The van der Waals surface area contributed by atoms with Crippen molar-refractivity contribution in [3.05, 3.63) is 22.7 Å². The van der Waals surface area contributed by atoms with Gasteiger partial charge >= 0.3 is 0 Å². The van der Waals surface area contributed by atoms with Gasteiger partial charge in [-0.1, -0.05) is 37.2 Å². The molecule has 1 aromatic heterocycles. The summed E-state index contributed by atoms with van der Waals surface area (Å²) in [5.41, 5.74) is 1.45. The molecule has 1 amide bonds. The molecule has 1 heterocycles. The van der Waals surface area contributed by atoms with E-state index in [1.165, 1.54) is 18.9 Å². The zero-order chi connectivity index (χ0) is 18.6. The minimum atomic E-state index is -0.377. The van der Waals surface area contributed by atoms with Gasteiger partial charge in [-0.2, -0.15) is 0 Å². The van der Waals surface area contributed by atoms with Crippen LogP contribution in [-0.2, 0) is 11.3 Å². The molecule has 9 heteroatoms. The number of amides is 1. The molecule has 0 aliphatic heterocycles. The normalized spacial score (nSPS) is 12.3. The van der Waals surface area contributed by atoms with Gasteiger partial charge in [-0.3, -0.25) is 4.79 Å². The van der Waals surface area contributed by atoms with Crippen molar-refractivity contribution in [3.63, 3.8) is 0 Å². The molecule has 0 fully saturated rings. The number of anilines is 1. The van der Waals surface area contributed by atoms with Gasteiger partial charge in [0.25, 0.3) is 0 Å². The Morgan fingerprint density at radius 3 is 2.76 bits per heavy atom. The molecular formula is C16H22ClN5O2S. The Hall–Kier alpha value is -1.80. The van der Waals surface area contributed by atoms with Gasteiger partial charge in [0.05, 0.1) is 18.0 Å². The summed E-state index contributed by atoms with van der Waals surface area (Å²) in [6, 6.07) is 3.48. The number of benzene rings is 1. The quantitative estimate of drug-likeness (QED) is 0.737. The second-order valence-electron chi connectivity index (χ2n) is 6.09. The van der Waals surface area contributed by atoms with Crippen LogP contribution in [0.2, 0.25) is 5.02 Å². The second-order valence-corrected chi connectivity index (χ2v) is 7.80. The van der Waals surface area contributed by atoms with Crippen LogP contribution < -0.4 is 10.1 Å². The smallest absolute Gasteiger partial charge is 0.237 e. The Morgan fingerprint density at radius 1 is 1.40 bits per heavy atom. The van der Waals surface area contributed by atoms with Crippen molar-refractivity contribution in [2.45, 2.75) is 44.6 Å². The fourth-order valence-corrected chi connectivity index (χ4v) is 3.07. The molecule has 1 aromatic carbocycles. The number of ether oxygens (including phenoxy) is 1. The Kier molecular flexibility index (Phi) is 6.66. The summed E-state index contributed by atoms with van der Waals surface area (Å²) in [5.74, 6) is 0.767. The number of aryl methyl sites for hydroxylation is 1. The van der Waals surface area contributed by atoms with Gasteiger partial charge in [0.1, 0.15) is 5.75 Å². The second kappa shape index (κ2) is 8.53. The number of hydrogen-bond acceptors (Lipinski definition) is 6. The van der Waals surface area contributed by atoms with Crippen molar-refractivity contribution < 1.29 is 9.53 Å². The number of nitrogens with zero attached hydrogens (tertiary/aromatic N) is 4. The molecule has 7 nitrogen and oxygen atoms in total. The maximum atomic E-state index is 12.5. The lowest BCUT2D eigenvalue weighted by molar-refractivity contribution is -0.115. The first-order valence-corrected chi connectivity index (χ1v) is 9.15. The van der Waals surface area contributed by atoms with Gasteiger partial charge in [-0.15, -0.1) is 5.10 Å². The Bertz CT molecular complexity index is 750. The molecule has 0 bridgehead atoms. The summed E-state index contributed by atoms with van der Waals surface area (Å²) >= 11 is 7.41. The predicted octanol–water partition coefficient (Wildman–Crippen LogP) is 3.42.